The van der Waals surface area contributed by atoms with Gasteiger partial charge in [-0.1, -0.05) is 36.4 Å². The van der Waals surface area contributed by atoms with E-state index in [-0.39, 0.29) is 0 Å². The van der Waals surface area contributed by atoms with Gasteiger partial charge in [0.1, 0.15) is 6.04 Å². The zero-order valence-corrected chi connectivity index (χ0v) is 18.6. The van der Waals surface area contributed by atoms with Crippen molar-refractivity contribution in [2.75, 3.05) is 18.4 Å². The van der Waals surface area contributed by atoms with Crippen molar-refractivity contribution in [2.45, 2.75) is 25.3 Å². The van der Waals surface area contributed by atoms with E-state index < -0.39 is 23.9 Å². The number of nitrogens with one attached hydrogen (secondary N) is 2. The number of aromatic nitrogens is 1. The van der Waals surface area contributed by atoms with Crippen LogP contribution in [0.3, 0.4) is 0 Å². The summed E-state index contributed by atoms with van der Waals surface area (Å²) in [6.45, 7) is 1.43. The van der Waals surface area contributed by atoms with Gasteiger partial charge in [0.15, 0.2) is 0 Å². The van der Waals surface area contributed by atoms with Crippen molar-refractivity contribution in [1.29, 1.82) is 0 Å². The van der Waals surface area contributed by atoms with Crippen LogP contribution in [-0.4, -0.2) is 51.0 Å². The third-order valence-corrected chi connectivity index (χ3v) is 6.27. The molecule has 1 aliphatic rings. The summed E-state index contributed by atoms with van der Waals surface area (Å²) in [4.78, 5) is 39.8. The van der Waals surface area contributed by atoms with E-state index >= 15 is 0 Å². The second-order valence-corrected chi connectivity index (χ2v) is 8.58. The molecule has 0 aliphatic carbocycles. The van der Waals surface area contributed by atoms with Gasteiger partial charge < -0.3 is 20.5 Å². The predicted octanol–water partition coefficient (Wildman–Crippen LogP) is 3.83. The number of likely N-dealkylation sites (tertiary alicyclic amines) is 1. The highest BCUT2D eigenvalue weighted by Gasteiger charge is 2.32. The molecule has 1 fully saturated rings. The summed E-state index contributed by atoms with van der Waals surface area (Å²) < 4.78 is 0. The highest BCUT2D eigenvalue weighted by atomic mass is 16.4. The number of H-pyrrole nitrogens is 1. The number of benzene rings is 2. The van der Waals surface area contributed by atoms with Gasteiger partial charge in [0.2, 0.25) is 5.91 Å². The molecule has 0 radical (unpaired) electrons. The van der Waals surface area contributed by atoms with E-state index in [0.717, 1.165) is 36.8 Å². The van der Waals surface area contributed by atoms with Crippen LogP contribution >= 0.6 is 0 Å². The topological polar surface area (TPSA) is 123 Å². The first-order valence-electron chi connectivity index (χ1n) is 11.2. The van der Waals surface area contributed by atoms with Crippen molar-refractivity contribution in [1.82, 2.24) is 9.88 Å². The molecule has 1 atom stereocenters. The summed E-state index contributed by atoms with van der Waals surface area (Å²) in [5, 5.41) is 22.1. The molecule has 8 heteroatoms. The first-order valence-corrected chi connectivity index (χ1v) is 11.2. The number of hydrogen-bond donors (Lipinski definition) is 4. The number of carboxylic acid groups (broad SMARTS) is 2. The number of carbonyl (C=O) groups is 3. The summed E-state index contributed by atoms with van der Waals surface area (Å²) in [5.74, 6) is -2.12. The lowest BCUT2D eigenvalue weighted by Crippen LogP contribution is -2.40. The Morgan fingerprint density at radius 2 is 1.79 bits per heavy atom. The fraction of sp³-hybridized carbons (Fsp3) is 0.269. The van der Waals surface area contributed by atoms with Gasteiger partial charge in [0.25, 0.3) is 0 Å². The first-order chi connectivity index (χ1) is 16.4. The van der Waals surface area contributed by atoms with Crippen molar-refractivity contribution in [3.05, 3.63) is 78.0 Å². The van der Waals surface area contributed by atoms with Crippen LogP contribution in [0.25, 0.3) is 10.9 Å². The number of carbonyl (C=O) groups excluding carboxylic acids is 1. The second kappa shape index (κ2) is 10.4. The van der Waals surface area contributed by atoms with Crippen molar-refractivity contribution in [3.63, 3.8) is 0 Å². The molecule has 1 amide bonds. The molecule has 176 valence electrons. The molecule has 1 aliphatic heterocycles. The number of aromatic amines is 1. The highest BCUT2D eigenvalue weighted by molar-refractivity contribution is 6.03. The molecule has 0 spiro atoms. The molecule has 8 nitrogen and oxygen atoms in total. The number of rotatable bonds is 8. The summed E-state index contributed by atoms with van der Waals surface area (Å²) in [7, 11) is 0. The molecule has 2 aromatic carbocycles. The Hall–Kier alpha value is -3.91. The van der Waals surface area contributed by atoms with Gasteiger partial charge in [0.05, 0.1) is 0 Å². The van der Waals surface area contributed by atoms with Crippen LogP contribution in [0, 0.1) is 5.92 Å². The second-order valence-electron chi connectivity index (χ2n) is 8.58. The van der Waals surface area contributed by atoms with E-state index in [0.29, 0.717) is 35.8 Å². The number of amides is 1. The number of nitrogens with zero attached hydrogens (tertiary/aromatic N) is 1. The van der Waals surface area contributed by atoms with E-state index in [4.69, 9.17) is 5.11 Å². The van der Waals surface area contributed by atoms with Gasteiger partial charge in [0, 0.05) is 40.5 Å². The molecule has 1 saturated heterocycles. The van der Waals surface area contributed by atoms with Crippen LogP contribution in [0.5, 0.6) is 0 Å². The number of anilines is 1. The Kier molecular flexibility index (Phi) is 7.08. The molecule has 4 rings (SSSR count). The van der Waals surface area contributed by atoms with Crippen molar-refractivity contribution in [3.8, 4) is 0 Å². The smallest absolute Gasteiger partial charge is 0.328 e. The van der Waals surface area contributed by atoms with Crippen molar-refractivity contribution in [2.24, 2.45) is 5.92 Å². The van der Waals surface area contributed by atoms with Crippen molar-refractivity contribution < 1.29 is 24.6 Å². The van der Waals surface area contributed by atoms with Crippen LogP contribution < -0.4 is 5.32 Å². The molecule has 34 heavy (non-hydrogen) atoms. The maximum Gasteiger partial charge on any atom is 0.328 e. The number of aliphatic carboxylic acids is 2. The minimum atomic E-state index is -1.21. The molecule has 3 aromatic rings. The third kappa shape index (κ3) is 5.52. The summed E-state index contributed by atoms with van der Waals surface area (Å²) in [5.41, 5.74) is 3.18. The largest absolute Gasteiger partial charge is 0.480 e. The minimum Gasteiger partial charge on any atom is -0.480 e. The summed E-state index contributed by atoms with van der Waals surface area (Å²) >= 11 is 0. The Morgan fingerprint density at radius 1 is 1.06 bits per heavy atom. The molecule has 1 unspecified atom stereocenters. The Labute approximate surface area is 196 Å². The Bertz CT molecular complexity index is 1210. The maximum atomic E-state index is 12.3. The zero-order chi connectivity index (χ0) is 24.1. The Morgan fingerprint density at radius 3 is 2.47 bits per heavy atom. The van der Waals surface area contributed by atoms with Crippen LogP contribution in [0.15, 0.2) is 66.9 Å². The molecular formula is C26H27N3O5. The lowest BCUT2D eigenvalue weighted by molar-refractivity contribution is -0.144. The average molecular weight is 462 g/mol. The van der Waals surface area contributed by atoms with E-state index in [2.05, 4.69) is 22.4 Å². The molecule has 0 bridgehead atoms. The molecule has 4 N–H and O–H groups in total. The van der Waals surface area contributed by atoms with Gasteiger partial charge >= 0.3 is 11.9 Å². The first kappa shape index (κ1) is 23.3. The van der Waals surface area contributed by atoms with Crippen LogP contribution in [0.4, 0.5) is 5.69 Å². The standard InChI is InChI=1S/C26H27N3O5/c30-23(8-9-24(31)32)28-19-6-7-20-21(16-27-22(20)15-19)25(26(33)34)29-12-10-18(11-13-29)14-17-4-2-1-3-5-17/h1-9,15-16,18,25,27H,10-14H2,(H,28,30)(H,31,32)(H,33,34). The van der Waals surface area contributed by atoms with Gasteiger partial charge in [-0.15, -0.1) is 0 Å². The number of fused-ring (bicyclic) bond motifs is 1. The van der Waals surface area contributed by atoms with Crippen LogP contribution in [-0.2, 0) is 20.8 Å². The molecule has 1 aromatic heterocycles. The summed E-state index contributed by atoms with van der Waals surface area (Å²) in [6.07, 6.45) is 6.32. The van der Waals surface area contributed by atoms with Gasteiger partial charge in [-0.25, -0.2) is 4.79 Å². The quantitative estimate of drug-likeness (QED) is 0.378. The minimum absolute atomic E-state index is 0.481. The zero-order valence-electron chi connectivity index (χ0n) is 18.6. The number of carboxylic acids is 2. The number of hydrogen-bond acceptors (Lipinski definition) is 4. The van der Waals surface area contributed by atoms with E-state index in [9.17, 15) is 19.5 Å². The molecule has 0 saturated carbocycles. The SMILES string of the molecule is O=C(O)C=CC(=O)Nc1ccc2c(C(C(=O)O)N3CCC(Cc4ccccc4)CC3)c[nH]c2c1. The van der Waals surface area contributed by atoms with E-state index in [1.165, 1.54) is 5.56 Å². The number of piperidine rings is 1. The maximum absolute atomic E-state index is 12.3. The van der Waals surface area contributed by atoms with Crippen molar-refractivity contribution >= 4 is 34.4 Å². The lowest BCUT2D eigenvalue weighted by atomic mass is 9.89. The van der Waals surface area contributed by atoms with E-state index in [1.807, 2.05) is 23.1 Å². The lowest BCUT2D eigenvalue weighted by Gasteiger charge is -2.35. The third-order valence-electron chi connectivity index (χ3n) is 6.27. The molecular weight excluding hydrogens is 434 g/mol. The average Bonchev–Trinajstić information content (AvgIpc) is 3.22. The predicted molar refractivity (Wildman–Crippen MR) is 129 cm³/mol. The van der Waals surface area contributed by atoms with Gasteiger partial charge in [-0.05, 0) is 56.0 Å². The van der Waals surface area contributed by atoms with E-state index in [1.54, 1.807) is 24.4 Å². The Balaban J connectivity index is 1.46. The summed E-state index contributed by atoms with van der Waals surface area (Å²) in [6, 6.07) is 14.8. The normalized spacial score (nSPS) is 16.0. The van der Waals surface area contributed by atoms with Crippen LogP contribution in [0.1, 0.15) is 30.0 Å². The fourth-order valence-corrected chi connectivity index (χ4v) is 4.63. The highest BCUT2D eigenvalue weighted by Crippen LogP contribution is 2.33. The van der Waals surface area contributed by atoms with Gasteiger partial charge in [-0.2, -0.15) is 0 Å². The van der Waals surface area contributed by atoms with Crippen LogP contribution in [0.2, 0.25) is 0 Å². The molecule has 2 heterocycles. The fourth-order valence-electron chi connectivity index (χ4n) is 4.63. The van der Waals surface area contributed by atoms with Gasteiger partial charge in [-0.3, -0.25) is 14.5 Å². The monoisotopic (exact) mass is 461 g/mol.